The number of primary amides is 1. The number of hydrogen-bond donors (Lipinski definition) is 2. The summed E-state index contributed by atoms with van der Waals surface area (Å²) in [5.41, 5.74) is 11.1. The minimum atomic E-state index is -0.788. The number of carbonyl (C=O) groups is 2. The van der Waals surface area contributed by atoms with Gasteiger partial charge in [0, 0.05) is 13.1 Å². The van der Waals surface area contributed by atoms with E-state index in [1.807, 2.05) is 0 Å². The van der Waals surface area contributed by atoms with Gasteiger partial charge in [-0.05, 0) is 30.6 Å². The summed E-state index contributed by atoms with van der Waals surface area (Å²) in [7, 11) is 0. The lowest BCUT2D eigenvalue weighted by atomic mass is 9.77. The highest BCUT2D eigenvalue weighted by Gasteiger charge is 2.30. The van der Waals surface area contributed by atoms with Crippen LogP contribution in [0.5, 0.6) is 0 Å². The highest BCUT2D eigenvalue weighted by molar-refractivity contribution is 5.87. The van der Waals surface area contributed by atoms with Gasteiger partial charge in [-0.25, -0.2) is 0 Å². The molecule has 0 saturated carbocycles. The number of hydrogen-bond acceptors (Lipinski definition) is 3. The van der Waals surface area contributed by atoms with E-state index in [1.165, 1.54) is 0 Å². The van der Waals surface area contributed by atoms with Gasteiger partial charge in [-0.1, -0.05) is 20.8 Å². The number of carbonyl (C=O) groups excluding carboxylic acids is 2. The zero-order valence-electron chi connectivity index (χ0n) is 12.3. The third-order valence-electron chi connectivity index (χ3n) is 4.00. The summed E-state index contributed by atoms with van der Waals surface area (Å²) in [5, 5.41) is 0. The van der Waals surface area contributed by atoms with Crippen LogP contribution in [0.3, 0.4) is 0 Å². The predicted octanol–water partition coefficient (Wildman–Crippen LogP) is 0.864. The van der Waals surface area contributed by atoms with Crippen molar-refractivity contribution in [3.63, 3.8) is 0 Å². The first kappa shape index (κ1) is 16.0. The van der Waals surface area contributed by atoms with Crippen molar-refractivity contribution < 1.29 is 9.59 Å². The number of nitrogens with zero attached hydrogens (tertiary/aromatic N) is 1. The quantitative estimate of drug-likeness (QED) is 0.796. The third-order valence-corrected chi connectivity index (χ3v) is 4.00. The molecular formula is C14H27N3O2. The highest BCUT2D eigenvalue weighted by Crippen LogP contribution is 2.34. The maximum Gasteiger partial charge on any atom is 0.240 e. The van der Waals surface area contributed by atoms with Gasteiger partial charge in [0.05, 0.1) is 12.5 Å². The van der Waals surface area contributed by atoms with Crippen LogP contribution in [0.15, 0.2) is 0 Å². The molecule has 0 aromatic carbocycles. The van der Waals surface area contributed by atoms with Gasteiger partial charge in [-0.3, -0.25) is 9.59 Å². The van der Waals surface area contributed by atoms with Gasteiger partial charge in [0.1, 0.15) is 0 Å². The molecule has 1 rings (SSSR count). The van der Waals surface area contributed by atoms with Crippen LogP contribution >= 0.6 is 0 Å². The van der Waals surface area contributed by atoms with Gasteiger partial charge in [0.25, 0.3) is 0 Å². The van der Waals surface area contributed by atoms with Crippen molar-refractivity contribution in [1.82, 2.24) is 4.90 Å². The van der Waals surface area contributed by atoms with E-state index in [-0.39, 0.29) is 17.7 Å². The summed E-state index contributed by atoms with van der Waals surface area (Å²) in [6.45, 7) is 8.20. The lowest BCUT2D eigenvalue weighted by Crippen LogP contribution is -2.46. The van der Waals surface area contributed by atoms with Crippen molar-refractivity contribution in [1.29, 1.82) is 0 Å². The molecule has 1 aliphatic heterocycles. The zero-order valence-corrected chi connectivity index (χ0v) is 12.3. The summed E-state index contributed by atoms with van der Waals surface area (Å²) in [6.07, 6.45) is 3.06. The van der Waals surface area contributed by atoms with Crippen molar-refractivity contribution >= 4 is 11.8 Å². The second-order valence-electron chi connectivity index (χ2n) is 6.60. The Kier molecular flexibility index (Phi) is 5.35. The van der Waals surface area contributed by atoms with Crippen LogP contribution in [0.25, 0.3) is 0 Å². The zero-order chi connectivity index (χ0) is 14.6. The van der Waals surface area contributed by atoms with Crippen molar-refractivity contribution in [2.45, 2.75) is 52.5 Å². The molecule has 19 heavy (non-hydrogen) atoms. The monoisotopic (exact) mass is 269 g/mol. The minimum absolute atomic E-state index is 0.0714. The van der Waals surface area contributed by atoms with Gasteiger partial charge in [-0.15, -0.1) is 0 Å². The fourth-order valence-electron chi connectivity index (χ4n) is 2.72. The molecule has 0 radical (unpaired) electrons. The maximum absolute atomic E-state index is 12.1. The van der Waals surface area contributed by atoms with E-state index in [0.29, 0.717) is 5.92 Å². The average Bonchev–Trinajstić information content (AvgIpc) is 2.51. The Bertz CT molecular complexity index is 336. The number of likely N-dealkylation sites (tertiary alicyclic amines) is 1. The fraction of sp³-hybridized carbons (Fsp3) is 0.857. The van der Waals surface area contributed by atoms with Crippen molar-refractivity contribution in [2.24, 2.45) is 22.8 Å². The first-order valence-electron chi connectivity index (χ1n) is 7.04. The summed E-state index contributed by atoms with van der Waals surface area (Å²) < 4.78 is 0. The summed E-state index contributed by atoms with van der Waals surface area (Å²) in [5.74, 6) is -0.0470. The van der Waals surface area contributed by atoms with E-state index in [1.54, 1.807) is 4.90 Å². The lowest BCUT2D eigenvalue weighted by molar-refractivity contribution is -0.134. The molecule has 1 saturated heterocycles. The molecule has 1 aliphatic rings. The summed E-state index contributed by atoms with van der Waals surface area (Å²) >= 11 is 0. The smallest absolute Gasteiger partial charge is 0.240 e. The van der Waals surface area contributed by atoms with Crippen LogP contribution in [0.1, 0.15) is 46.5 Å². The second kappa shape index (κ2) is 6.37. The van der Waals surface area contributed by atoms with Gasteiger partial charge in [0.2, 0.25) is 11.8 Å². The molecule has 0 aliphatic carbocycles. The average molecular weight is 269 g/mol. The van der Waals surface area contributed by atoms with Crippen molar-refractivity contribution in [3.8, 4) is 0 Å². The molecule has 0 bridgehead atoms. The Labute approximate surface area is 115 Å². The van der Waals surface area contributed by atoms with Crippen LogP contribution in [0, 0.1) is 11.3 Å². The van der Waals surface area contributed by atoms with Gasteiger partial charge >= 0.3 is 0 Å². The molecule has 1 heterocycles. The van der Waals surface area contributed by atoms with E-state index < -0.39 is 11.9 Å². The van der Waals surface area contributed by atoms with Crippen LogP contribution in [0.2, 0.25) is 0 Å². The Morgan fingerprint density at radius 2 is 1.89 bits per heavy atom. The Balaban J connectivity index is 2.57. The minimum Gasteiger partial charge on any atom is -0.370 e. The van der Waals surface area contributed by atoms with E-state index in [9.17, 15) is 9.59 Å². The SMILES string of the molecule is CC(C)(C)C1CCCN(C(=O)C(N)CC(N)=O)CC1. The molecule has 5 nitrogen and oxygen atoms in total. The Morgan fingerprint density at radius 3 is 2.42 bits per heavy atom. The number of rotatable bonds is 3. The van der Waals surface area contributed by atoms with Crippen molar-refractivity contribution in [3.05, 3.63) is 0 Å². The third kappa shape index (κ3) is 4.82. The topological polar surface area (TPSA) is 89.4 Å². The van der Waals surface area contributed by atoms with Crippen LogP contribution in [0.4, 0.5) is 0 Å². The van der Waals surface area contributed by atoms with E-state index in [2.05, 4.69) is 20.8 Å². The number of nitrogens with two attached hydrogens (primary N) is 2. The van der Waals surface area contributed by atoms with Gasteiger partial charge < -0.3 is 16.4 Å². The molecule has 5 heteroatoms. The van der Waals surface area contributed by atoms with Gasteiger partial charge in [-0.2, -0.15) is 0 Å². The van der Waals surface area contributed by atoms with E-state index in [4.69, 9.17) is 11.5 Å². The second-order valence-corrected chi connectivity index (χ2v) is 6.60. The Hall–Kier alpha value is -1.10. The van der Waals surface area contributed by atoms with Crippen LogP contribution in [-0.4, -0.2) is 35.8 Å². The lowest BCUT2D eigenvalue weighted by Gasteiger charge is -2.30. The van der Waals surface area contributed by atoms with Crippen LogP contribution in [-0.2, 0) is 9.59 Å². The standard InChI is InChI=1S/C14H27N3O2/c1-14(2,3)10-5-4-7-17(8-6-10)13(19)11(15)9-12(16)18/h10-11H,4-9,15H2,1-3H3,(H2,16,18). The highest BCUT2D eigenvalue weighted by atomic mass is 16.2. The molecule has 1 fully saturated rings. The summed E-state index contributed by atoms with van der Waals surface area (Å²) in [6, 6.07) is -0.788. The van der Waals surface area contributed by atoms with E-state index >= 15 is 0 Å². The molecular weight excluding hydrogens is 242 g/mol. The molecule has 2 amide bonds. The predicted molar refractivity (Wildman–Crippen MR) is 75.2 cm³/mol. The van der Waals surface area contributed by atoms with Gasteiger partial charge in [0.15, 0.2) is 0 Å². The largest absolute Gasteiger partial charge is 0.370 e. The molecule has 0 aromatic heterocycles. The normalized spacial score (nSPS) is 22.7. The molecule has 110 valence electrons. The molecule has 0 aromatic rings. The van der Waals surface area contributed by atoms with Crippen LogP contribution < -0.4 is 11.5 Å². The first-order chi connectivity index (χ1) is 8.71. The molecule has 2 unspecified atom stereocenters. The van der Waals surface area contributed by atoms with Crippen molar-refractivity contribution in [2.75, 3.05) is 13.1 Å². The maximum atomic E-state index is 12.1. The molecule has 2 atom stereocenters. The molecule has 0 spiro atoms. The molecule has 4 N–H and O–H groups in total. The Morgan fingerprint density at radius 1 is 1.26 bits per heavy atom. The number of amides is 2. The fourth-order valence-corrected chi connectivity index (χ4v) is 2.72. The van der Waals surface area contributed by atoms with E-state index in [0.717, 1.165) is 32.4 Å². The summed E-state index contributed by atoms with van der Waals surface area (Å²) in [4.78, 5) is 24.7. The first-order valence-corrected chi connectivity index (χ1v) is 7.04.